The first kappa shape index (κ1) is 15.1. The van der Waals surface area contributed by atoms with Crippen molar-refractivity contribution in [3.63, 3.8) is 0 Å². The second kappa shape index (κ2) is 6.95. The highest BCUT2D eigenvalue weighted by Crippen LogP contribution is 2.22. The molecule has 3 unspecified atom stereocenters. The number of urea groups is 1. The van der Waals surface area contributed by atoms with Crippen LogP contribution in [0.15, 0.2) is 24.3 Å². The zero-order chi connectivity index (χ0) is 14.5. The number of aliphatic hydroxyl groups is 1. The average Bonchev–Trinajstić information content (AvgIpc) is 2.41. The Morgan fingerprint density at radius 1 is 1.35 bits per heavy atom. The molecule has 1 saturated carbocycles. The summed E-state index contributed by atoms with van der Waals surface area (Å²) in [5.41, 5.74) is 0.883. The third kappa shape index (κ3) is 3.87. The van der Waals surface area contributed by atoms with Gasteiger partial charge in [0.1, 0.15) is 0 Å². The fourth-order valence-corrected chi connectivity index (χ4v) is 2.89. The van der Waals surface area contributed by atoms with Crippen molar-refractivity contribution in [2.24, 2.45) is 0 Å². The molecule has 0 radical (unpaired) electrons. The summed E-state index contributed by atoms with van der Waals surface area (Å²) in [6.45, 7) is 1.89. The number of rotatable bonds is 3. The Hall–Kier alpha value is -1.26. The first-order valence-corrected chi connectivity index (χ1v) is 7.45. The molecule has 0 aliphatic heterocycles. The molecule has 0 aromatic heterocycles. The van der Waals surface area contributed by atoms with E-state index >= 15 is 0 Å². The van der Waals surface area contributed by atoms with E-state index in [4.69, 9.17) is 11.6 Å². The second-order valence-electron chi connectivity index (χ2n) is 5.32. The Labute approximate surface area is 124 Å². The maximum Gasteiger partial charge on any atom is 0.315 e. The molecule has 1 aromatic carbocycles. The zero-order valence-electron chi connectivity index (χ0n) is 11.6. The Balaban J connectivity index is 1.89. The van der Waals surface area contributed by atoms with Crippen molar-refractivity contribution in [2.45, 2.75) is 50.8 Å². The number of hydrogen-bond donors (Lipinski definition) is 3. The predicted octanol–water partition coefficient (Wildman–Crippen LogP) is 3.00. The van der Waals surface area contributed by atoms with Crippen LogP contribution in [-0.2, 0) is 0 Å². The van der Waals surface area contributed by atoms with E-state index in [0.29, 0.717) is 5.02 Å². The summed E-state index contributed by atoms with van der Waals surface area (Å²) in [6.07, 6.45) is 3.21. The van der Waals surface area contributed by atoms with Gasteiger partial charge in [-0.25, -0.2) is 4.79 Å². The molecule has 0 spiro atoms. The fraction of sp³-hybridized carbons (Fsp3) is 0.533. The Kier molecular flexibility index (Phi) is 5.26. The molecule has 4 nitrogen and oxygen atoms in total. The monoisotopic (exact) mass is 296 g/mol. The van der Waals surface area contributed by atoms with Crippen molar-refractivity contribution in [1.82, 2.24) is 10.6 Å². The molecule has 3 atom stereocenters. The maximum atomic E-state index is 12.0. The number of carbonyl (C=O) groups excluding carboxylic acids is 1. The molecule has 0 bridgehead atoms. The van der Waals surface area contributed by atoms with Gasteiger partial charge >= 0.3 is 6.03 Å². The Morgan fingerprint density at radius 2 is 2.05 bits per heavy atom. The first-order chi connectivity index (χ1) is 9.58. The molecule has 1 fully saturated rings. The smallest absolute Gasteiger partial charge is 0.315 e. The van der Waals surface area contributed by atoms with E-state index in [1.54, 1.807) is 6.07 Å². The van der Waals surface area contributed by atoms with Crippen LogP contribution in [0.1, 0.15) is 44.2 Å². The minimum atomic E-state index is -0.440. The van der Waals surface area contributed by atoms with Gasteiger partial charge in [-0.3, -0.25) is 0 Å². The standard InChI is InChI=1S/C15H21ClN2O2/c1-10(11-6-2-3-7-12(11)16)17-15(20)18-13-8-4-5-9-14(13)19/h2-3,6-7,10,13-14,19H,4-5,8-9H2,1H3,(H2,17,18,20). The van der Waals surface area contributed by atoms with Crippen LogP contribution in [-0.4, -0.2) is 23.3 Å². The van der Waals surface area contributed by atoms with Crippen molar-refractivity contribution in [3.8, 4) is 0 Å². The minimum absolute atomic E-state index is 0.151. The Morgan fingerprint density at radius 3 is 2.75 bits per heavy atom. The van der Waals surface area contributed by atoms with E-state index in [9.17, 15) is 9.90 Å². The molecule has 1 aromatic rings. The molecule has 0 heterocycles. The number of amides is 2. The number of nitrogens with one attached hydrogen (secondary N) is 2. The van der Waals surface area contributed by atoms with Gasteiger partial charge in [0.15, 0.2) is 0 Å². The van der Waals surface area contributed by atoms with E-state index in [2.05, 4.69) is 10.6 Å². The van der Waals surface area contributed by atoms with Crippen molar-refractivity contribution in [1.29, 1.82) is 0 Å². The van der Waals surface area contributed by atoms with Crippen molar-refractivity contribution in [2.75, 3.05) is 0 Å². The van der Waals surface area contributed by atoms with Gasteiger partial charge in [0.25, 0.3) is 0 Å². The summed E-state index contributed by atoms with van der Waals surface area (Å²) < 4.78 is 0. The van der Waals surface area contributed by atoms with Gasteiger partial charge in [-0.1, -0.05) is 42.6 Å². The molecule has 2 rings (SSSR count). The lowest BCUT2D eigenvalue weighted by Gasteiger charge is -2.29. The normalized spacial score (nSPS) is 23.9. The van der Waals surface area contributed by atoms with Gasteiger partial charge in [-0.05, 0) is 31.4 Å². The number of hydrogen-bond acceptors (Lipinski definition) is 2. The molecular formula is C15H21ClN2O2. The summed E-state index contributed by atoms with van der Waals surface area (Å²) in [5, 5.41) is 16.2. The number of carbonyl (C=O) groups is 1. The van der Waals surface area contributed by atoms with E-state index in [0.717, 1.165) is 31.2 Å². The Bertz CT molecular complexity index is 467. The largest absolute Gasteiger partial charge is 0.391 e. The van der Waals surface area contributed by atoms with E-state index < -0.39 is 6.10 Å². The van der Waals surface area contributed by atoms with Gasteiger partial charge in [0.05, 0.1) is 18.2 Å². The molecular weight excluding hydrogens is 276 g/mol. The van der Waals surface area contributed by atoms with Crippen LogP contribution in [0.25, 0.3) is 0 Å². The van der Waals surface area contributed by atoms with Gasteiger partial charge in [0, 0.05) is 5.02 Å². The van der Waals surface area contributed by atoms with E-state index in [1.165, 1.54) is 0 Å². The lowest BCUT2D eigenvalue weighted by molar-refractivity contribution is 0.0941. The summed E-state index contributed by atoms with van der Waals surface area (Å²) in [6, 6.07) is 6.86. The molecule has 2 amide bonds. The molecule has 1 aliphatic rings. The summed E-state index contributed by atoms with van der Waals surface area (Å²) in [4.78, 5) is 12.0. The number of benzene rings is 1. The fourth-order valence-electron chi connectivity index (χ4n) is 2.59. The summed E-state index contributed by atoms with van der Waals surface area (Å²) >= 11 is 6.11. The van der Waals surface area contributed by atoms with E-state index in [-0.39, 0.29) is 18.1 Å². The van der Waals surface area contributed by atoms with Crippen molar-refractivity contribution in [3.05, 3.63) is 34.9 Å². The highest BCUT2D eigenvalue weighted by atomic mass is 35.5. The van der Waals surface area contributed by atoms with Crippen LogP contribution in [0.5, 0.6) is 0 Å². The molecule has 0 saturated heterocycles. The molecule has 110 valence electrons. The molecule has 1 aliphatic carbocycles. The molecule has 20 heavy (non-hydrogen) atoms. The van der Waals surface area contributed by atoms with E-state index in [1.807, 2.05) is 25.1 Å². The number of aliphatic hydroxyl groups excluding tert-OH is 1. The second-order valence-corrected chi connectivity index (χ2v) is 5.73. The van der Waals surface area contributed by atoms with Gasteiger partial charge < -0.3 is 15.7 Å². The lowest BCUT2D eigenvalue weighted by atomic mass is 9.93. The third-order valence-electron chi connectivity index (χ3n) is 3.77. The third-order valence-corrected chi connectivity index (χ3v) is 4.11. The summed E-state index contributed by atoms with van der Waals surface area (Å²) in [7, 11) is 0. The van der Waals surface area contributed by atoms with Crippen LogP contribution < -0.4 is 10.6 Å². The topological polar surface area (TPSA) is 61.4 Å². The van der Waals surface area contributed by atoms with Crippen LogP contribution in [0.4, 0.5) is 4.79 Å². The van der Waals surface area contributed by atoms with Crippen LogP contribution >= 0.6 is 11.6 Å². The van der Waals surface area contributed by atoms with Crippen molar-refractivity contribution < 1.29 is 9.90 Å². The van der Waals surface area contributed by atoms with Crippen LogP contribution in [0.2, 0.25) is 5.02 Å². The summed E-state index contributed by atoms with van der Waals surface area (Å²) in [5.74, 6) is 0. The quantitative estimate of drug-likeness (QED) is 0.803. The highest BCUT2D eigenvalue weighted by Gasteiger charge is 2.25. The highest BCUT2D eigenvalue weighted by molar-refractivity contribution is 6.31. The average molecular weight is 297 g/mol. The zero-order valence-corrected chi connectivity index (χ0v) is 12.4. The first-order valence-electron chi connectivity index (χ1n) is 7.07. The molecule has 3 N–H and O–H groups in total. The van der Waals surface area contributed by atoms with Gasteiger partial charge in [-0.15, -0.1) is 0 Å². The molecule has 5 heteroatoms. The lowest BCUT2D eigenvalue weighted by Crippen LogP contribution is -2.49. The van der Waals surface area contributed by atoms with Crippen LogP contribution in [0, 0.1) is 0 Å². The maximum absolute atomic E-state index is 12.0. The number of halogens is 1. The van der Waals surface area contributed by atoms with Crippen LogP contribution in [0.3, 0.4) is 0 Å². The van der Waals surface area contributed by atoms with Gasteiger partial charge in [-0.2, -0.15) is 0 Å². The predicted molar refractivity (Wildman–Crippen MR) is 79.8 cm³/mol. The minimum Gasteiger partial charge on any atom is -0.391 e. The van der Waals surface area contributed by atoms with Gasteiger partial charge in [0.2, 0.25) is 0 Å². The SMILES string of the molecule is CC(NC(=O)NC1CCCCC1O)c1ccccc1Cl. The van der Waals surface area contributed by atoms with Crippen molar-refractivity contribution >= 4 is 17.6 Å².